The largest absolute Gasteiger partial charge is 0.329 e. The Balaban J connectivity index is 1.78. The van der Waals surface area contributed by atoms with Gasteiger partial charge in [-0.05, 0) is 57.4 Å². The van der Waals surface area contributed by atoms with Crippen molar-refractivity contribution in [3.8, 4) is 0 Å². The van der Waals surface area contributed by atoms with Crippen LogP contribution in [0.2, 0.25) is 0 Å². The number of nitrogens with two attached hydrogens (primary N) is 1. The Labute approximate surface area is 99.6 Å². The summed E-state index contributed by atoms with van der Waals surface area (Å²) in [4.78, 5) is 2.81. The van der Waals surface area contributed by atoms with E-state index in [9.17, 15) is 0 Å². The van der Waals surface area contributed by atoms with Gasteiger partial charge in [0.1, 0.15) is 0 Å². The summed E-state index contributed by atoms with van der Waals surface area (Å²) < 4.78 is 0. The summed E-state index contributed by atoms with van der Waals surface area (Å²) in [6.07, 6.45) is 10.1. The molecule has 0 aromatic rings. The summed E-state index contributed by atoms with van der Waals surface area (Å²) in [5, 5.41) is 0. The van der Waals surface area contributed by atoms with Gasteiger partial charge < -0.3 is 5.73 Å². The van der Waals surface area contributed by atoms with Crippen LogP contribution in [-0.2, 0) is 0 Å². The van der Waals surface area contributed by atoms with Crippen molar-refractivity contribution in [2.24, 2.45) is 17.6 Å². The van der Waals surface area contributed by atoms with E-state index in [1.807, 2.05) is 0 Å². The SMILES string of the molecule is CC(CN)(C1CC1)N1CCC2CCCCC21. The average Bonchev–Trinajstić information content (AvgIpc) is 3.08. The van der Waals surface area contributed by atoms with E-state index in [-0.39, 0.29) is 0 Å². The van der Waals surface area contributed by atoms with Gasteiger partial charge in [-0.3, -0.25) is 4.90 Å². The maximum atomic E-state index is 6.11. The van der Waals surface area contributed by atoms with Crippen LogP contribution in [-0.4, -0.2) is 29.6 Å². The Kier molecular flexibility index (Phi) is 2.75. The minimum Gasteiger partial charge on any atom is -0.329 e. The Morgan fingerprint density at radius 3 is 2.56 bits per heavy atom. The molecule has 1 aliphatic heterocycles. The van der Waals surface area contributed by atoms with E-state index in [0.717, 1.165) is 24.4 Å². The molecule has 92 valence electrons. The van der Waals surface area contributed by atoms with Gasteiger partial charge in [-0.2, -0.15) is 0 Å². The number of likely N-dealkylation sites (tertiary alicyclic amines) is 1. The summed E-state index contributed by atoms with van der Waals surface area (Å²) >= 11 is 0. The van der Waals surface area contributed by atoms with Crippen LogP contribution in [0.3, 0.4) is 0 Å². The lowest BCUT2D eigenvalue weighted by Gasteiger charge is -2.44. The zero-order valence-corrected chi connectivity index (χ0v) is 10.6. The van der Waals surface area contributed by atoms with Gasteiger partial charge in [0.25, 0.3) is 0 Å². The number of fused-ring (bicyclic) bond motifs is 1. The standard InChI is InChI=1S/C14H26N2/c1-14(10-15,12-6-7-12)16-9-8-11-4-2-3-5-13(11)16/h11-13H,2-10,15H2,1H3. The highest BCUT2D eigenvalue weighted by Crippen LogP contribution is 2.48. The molecular formula is C14H26N2. The third-order valence-corrected chi connectivity index (χ3v) is 5.54. The molecule has 3 aliphatic rings. The molecule has 2 nitrogen and oxygen atoms in total. The molecule has 1 heterocycles. The summed E-state index contributed by atoms with van der Waals surface area (Å²) in [5.41, 5.74) is 6.44. The Bertz CT molecular complexity index is 261. The van der Waals surface area contributed by atoms with Crippen molar-refractivity contribution in [2.45, 2.75) is 63.5 Å². The normalized spacial score (nSPS) is 39.4. The van der Waals surface area contributed by atoms with Gasteiger partial charge in [0, 0.05) is 18.1 Å². The fourth-order valence-electron chi connectivity index (χ4n) is 4.26. The van der Waals surface area contributed by atoms with Crippen LogP contribution in [0.5, 0.6) is 0 Å². The molecule has 1 saturated heterocycles. The Morgan fingerprint density at radius 1 is 1.12 bits per heavy atom. The van der Waals surface area contributed by atoms with Gasteiger partial charge in [-0.25, -0.2) is 0 Å². The first-order chi connectivity index (χ1) is 7.75. The summed E-state index contributed by atoms with van der Waals surface area (Å²) in [6, 6.07) is 0.878. The molecule has 2 aliphatic carbocycles. The van der Waals surface area contributed by atoms with Crippen molar-refractivity contribution in [2.75, 3.05) is 13.1 Å². The highest BCUT2D eigenvalue weighted by Gasteiger charge is 2.50. The number of nitrogens with zero attached hydrogens (tertiary/aromatic N) is 1. The van der Waals surface area contributed by atoms with E-state index in [1.54, 1.807) is 0 Å². The van der Waals surface area contributed by atoms with Gasteiger partial charge in [0.05, 0.1) is 0 Å². The third-order valence-electron chi connectivity index (χ3n) is 5.54. The van der Waals surface area contributed by atoms with E-state index in [4.69, 9.17) is 5.73 Å². The van der Waals surface area contributed by atoms with Crippen molar-refractivity contribution >= 4 is 0 Å². The topological polar surface area (TPSA) is 29.3 Å². The second-order valence-electron chi connectivity index (χ2n) is 6.43. The van der Waals surface area contributed by atoms with E-state index >= 15 is 0 Å². The Hall–Kier alpha value is -0.0800. The van der Waals surface area contributed by atoms with Crippen LogP contribution < -0.4 is 5.73 Å². The highest BCUT2D eigenvalue weighted by atomic mass is 15.3. The van der Waals surface area contributed by atoms with Crippen molar-refractivity contribution in [3.05, 3.63) is 0 Å². The molecule has 2 N–H and O–H groups in total. The fourth-order valence-corrected chi connectivity index (χ4v) is 4.26. The molecule has 3 atom stereocenters. The second kappa shape index (κ2) is 3.99. The molecule has 3 rings (SSSR count). The zero-order chi connectivity index (χ0) is 11.2. The quantitative estimate of drug-likeness (QED) is 0.794. The average molecular weight is 222 g/mol. The molecule has 0 aromatic carbocycles. The van der Waals surface area contributed by atoms with Gasteiger partial charge >= 0.3 is 0 Å². The van der Waals surface area contributed by atoms with E-state index in [1.165, 1.54) is 51.5 Å². The van der Waals surface area contributed by atoms with Gasteiger partial charge in [-0.15, -0.1) is 0 Å². The number of hydrogen-bond donors (Lipinski definition) is 1. The predicted octanol–water partition coefficient (Wildman–Crippen LogP) is 2.38. The first-order valence-corrected chi connectivity index (χ1v) is 7.22. The van der Waals surface area contributed by atoms with Crippen molar-refractivity contribution < 1.29 is 0 Å². The summed E-state index contributed by atoms with van der Waals surface area (Å²) in [5.74, 6) is 1.90. The Morgan fingerprint density at radius 2 is 1.88 bits per heavy atom. The van der Waals surface area contributed by atoms with Crippen molar-refractivity contribution in [3.63, 3.8) is 0 Å². The monoisotopic (exact) mass is 222 g/mol. The van der Waals surface area contributed by atoms with Crippen LogP contribution >= 0.6 is 0 Å². The lowest BCUT2D eigenvalue weighted by molar-refractivity contribution is 0.0511. The molecule has 3 unspecified atom stereocenters. The van der Waals surface area contributed by atoms with Crippen molar-refractivity contribution in [1.29, 1.82) is 0 Å². The first-order valence-electron chi connectivity index (χ1n) is 7.22. The molecule has 0 radical (unpaired) electrons. The third kappa shape index (κ3) is 1.62. The van der Waals surface area contributed by atoms with Crippen LogP contribution in [0.15, 0.2) is 0 Å². The smallest absolute Gasteiger partial charge is 0.0334 e. The molecule has 0 amide bonds. The van der Waals surface area contributed by atoms with Gasteiger partial charge in [0.2, 0.25) is 0 Å². The van der Waals surface area contributed by atoms with Crippen LogP contribution in [0, 0.1) is 11.8 Å². The van der Waals surface area contributed by atoms with E-state index in [0.29, 0.717) is 5.54 Å². The van der Waals surface area contributed by atoms with Gasteiger partial charge in [0.15, 0.2) is 0 Å². The summed E-state index contributed by atoms with van der Waals surface area (Å²) in [7, 11) is 0. The second-order valence-corrected chi connectivity index (χ2v) is 6.43. The minimum atomic E-state index is 0.330. The maximum Gasteiger partial charge on any atom is 0.0334 e. The zero-order valence-electron chi connectivity index (χ0n) is 10.6. The molecule has 0 aromatic heterocycles. The van der Waals surface area contributed by atoms with E-state index in [2.05, 4.69) is 11.8 Å². The number of rotatable bonds is 3. The van der Waals surface area contributed by atoms with Crippen molar-refractivity contribution in [1.82, 2.24) is 4.90 Å². The fraction of sp³-hybridized carbons (Fsp3) is 1.00. The van der Waals surface area contributed by atoms with Crippen LogP contribution in [0.1, 0.15) is 51.9 Å². The molecule has 3 fully saturated rings. The van der Waals surface area contributed by atoms with Gasteiger partial charge in [-0.1, -0.05) is 12.8 Å². The van der Waals surface area contributed by atoms with Crippen LogP contribution in [0.4, 0.5) is 0 Å². The lowest BCUT2D eigenvalue weighted by Crippen LogP contribution is -2.56. The summed E-state index contributed by atoms with van der Waals surface area (Å²) in [6.45, 7) is 4.61. The number of hydrogen-bond acceptors (Lipinski definition) is 2. The molecule has 0 spiro atoms. The minimum absolute atomic E-state index is 0.330. The highest BCUT2D eigenvalue weighted by molar-refractivity contribution is 5.05. The first kappa shape index (κ1) is 11.0. The maximum absolute atomic E-state index is 6.11. The predicted molar refractivity (Wildman–Crippen MR) is 67.3 cm³/mol. The molecule has 0 bridgehead atoms. The molecule has 16 heavy (non-hydrogen) atoms. The molecule has 2 heteroatoms. The molecular weight excluding hydrogens is 196 g/mol. The van der Waals surface area contributed by atoms with E-state index < -0.39 is 0 Å². The lowest BCUT2D eigenvalue weighted by atomic mass is 9.83. The van der Waals surface area contributed by atoms with Crippen LogP contribution in [0.25, 0.3) is 0 Å². The molecule has 2 saturated carbocycles.